The van der Waals surface area contributed by atoms with Gasteiger partial charge in [0.1, 0.15) is 0 Å². The number of ether oxygens (including phenoxy) is 1. The number of halogens is 1. The molecule has 21 heavy (non-hydrogen) atoms. The standard InChI is InChI=1S/C17H21FN2O/c1-3-5-9-21-17-8-7-13(10-15(17)18)16-12-19-14(6-4-2)11-20-16/h7-8,10-12H,3-6,9H2,1-2H3. The monoisotopic (exact) mass is 288 g/mol. The molecule has 3 nitrogen and oxygen atoms in total. The first kappa shape index (κ1) is 15.4. The van der Waals surface area contributed by atoms with Crippen molar-refractivity contribution in [1.82, 2.24) is 9.97 Å². The Morgan fingerprint density at radius 3 is 2.57 bits per heavy atom. The highest BCUT2D eigenvalue weighted by Gasteiger charge is 2.07. The summed E-state index contributed by atoms with van der Waals surface area (Å²) in [5.74, 6) is -0.0641. The SMILES string of the molecule is CCCCOc1ccc(-c2cnc(CCC)cn2)cc1F. The van der Waals surface area contributed by atoms with E-state index >= 15 is 0 Å². The number of aromatic nitrogens is 2. The maximum atomic E-state index is 14.0. The molecular weight excluding hydrogens is 267 g/mol. The van der Waals surface area contributed by atoms with Crippen LogP contribution in [0.2, 0.25) is 0 Å². The van der Waals surface area contributed by atoms with Gasteiger partial charge in [0.25, 0.3) is 0 Å². The maximum Gasteiger partial charge on any atom is 0.165 e. The van der Waals surface area contributed by atoms with Crippen molar-refractivity contribution in [3.05, 3.63) is 42.1 Å². The quantitative estimate of drug-likeness (QED) is 0.708. The molecule has 0 N–H and O–H groups in total. The van der Waals surface area contributed by atoms with Crippen LogP contribution in [-0.4, -0.2) is 16.6 Å². The summed E-state index contributed by atoms with van der Waals surface area (Å²) in [6.07, 6.45) is 7.34. The summed E-state index contributed by atoms with van der Waals surface area (Å²) in [7, 11) is 0. The van der Waals surface area contributed by atoms with Gasteiger partial charge in [0, 0.05) is 11.8 Å². The van der Waals surface area contributed by atoms with Gasteiger partial charge in [-0.1, -0.05) is 26.7 Å². The molecule has 0 radical (unpaired) electrons. The highest BCUT2D eigenvalue weighted by atomic mass is 19.1. The molecular formula is C17H21FN2O. The Kier molecular flexibility index (Phi) is 5.67. The van der Waals surface area contributed by atoms with Crippen molar-refractivity contribution in [3.63, 3.8) is 0 Å². The van der Waals surface area contributed by atoms with Crippen LogP contribution < -0.4 is 4.74 Å². The smallest absolute Gasteiger partial charge is 0.165 e. The van der Waals surface area contributed by atoms with E-state index in [0.717, 1.165) is 31.4 Å². The third kappa shape index (κ3) is 4.25. The highest BCUT2D eigenvalue weighted by molar-refractivity contribution is 5.59. The summed E-state index contributed by atoms with van der Waals surface area (Å²) in [5, 5.41) is 0. The summed E-state index contributed by atoms with van der Waals surface area (Å²) < 4.78 is 19.4. The minimum absolute atomic E-state index is 0.294. The third-order valence-electron chi connectivity index (χ3n) is 3.19. The van der Waals surface area contributed by atoms with Crippen molar-refractivity contribution < 1.29 is 9.13 Å². The number of aryl methyl sites for hydroxylation is 1. The number of benzene rings is 1. The summed E-state index contributed by atoms with van der Waals surface area (Å²) >= 11 is 0. The fourth-order valence-corrected chi connectivity index (χ4v) is 1.99. The predicted molar refractivity (Wildman–Crippen MR) is 81.8 cm³/mol. The molecule has 1 heterocycles. The van der Waals surface area contributed by atoms with Gasteiger partial charge in [-0.05, 0) is 31.0 Å². The Balaban J connectivity index is 2.11. The average molecular weight is 288 g/mol. The second-order valence-electron chi connectivity index (χ2n) is 4.99. The zero-order valence-electron chi connectivity index (χ0n) is 12.6. The van der Waals surface area contributed by atoms with E-state index in [2.05, 4.69) is 23.8 Å². The third-order valence-corrected chi connectivity index (χ3v) is 3.19. The molecule has 0 atom stereocenters. The molecule has 2 rings (SSSR count). The lowest BCUT2D eigenvalue weighted by Crippen LogP contribution is -1.99. The van der Waals surface area contributed by atoms with Gasteiger partial charge in [-0.25, -0.2) is 4.39 Å². The van der Waals surface area contributed by atoms with Gasteiger partial charge in [-0.15, -0.1) is 0 Å². The van der Waals surface area contributed by atoms with E-state index in [1.807, 2.05) is 6.07 Å². The van der Waals surface area contributed by atoms with Crippen molar-refractivity contribution in [2.45, 2.75) is 39.5 Å². The Bertz CT molecular complexity index is 570. The van der Waals surface area contributed by atoms with Crippen LogP contribution in [-0.2, 0) is 6.42 Å². The van der Waals surface area contributed by atoms with Gasteiger partial charge in [0.05, 0.1) is 24.2 Å². The second kappa shape index (κ2) is 7.72. The number of hydrogen-bond donors (Lipinski definition) is 0. The van der Waals surface area contributed by atoms with Crippen LogP contribution in [0.25, 0.3) is 11.3 Å². The van der Waals surface area contributed by atoms with Gasteiger partial charge in [-0.2, -0.15) is 0 Å². The van der Waals surface area contributed by atoms with Gasteiger partial charge < -0.3 is 4.74 Å². The summed E-state index contributed by atoms with van der Waals surface area (Å²) in [6, 6.07) is 4.92. The van der Waals surface area contributed by atoms with Crippen LogP contribution in [0.5, 0.6) is 5.75 Å². The molecule has 0 aliphatic carbocycles. The molecule has 1 aromatic carbocycles. The normalized spacial score (nSPS) is 10.6. The minimum Gasteiger partial charge on any atom is -0.491 e. The first-order valence-corrected chi connectivity index (χ1v) is 7.48. The van der Waals surface area contributed by atoms with E-state index in [-0.39, 0.29) is 5.82 Å². The van der Waals surface area contributed by atoms with Crippen molar-refractivity contribution in [2.75, 3.05) is 6.61 Å². The summed E-state index contributed by atoms with van der Waals surface area (Å²) in [6.45, 7) is 4.71. The minimum atomic E-state index is -0.358. The zero-order chi connectivity index (χ0) is 15.1. The second-order valence-corrected chi connectivity index (χ2v) is 4.99. The molecule has 0 bridgehead atoms. The fourth-order valence-electron chi connectivity index (χ4n) is 1.99. The van der Waals surface area contributed by atoms with E-state index in [9.17, 15) is 4.39 Å². The number of unbranched alkanes of at least 4 members (excludes halogenated alkanes) is 1. The molecule has 0 spiro atoms. The van der Waals surface area contributed by atoms with E-state index in [4.69, 9.17) is 4.74 Å². The highest BCUT2D eigenvalue weighted by Crippen LogP contribution is 2.24. The van der Waals surface area contributed by atoms with Crippen LogP contribution in [0.15, 0.2) is 30.6 Å². The molecule has 1 aromatic heterocycles. The zero-order valence-corrected chi connectivity index (χ0v) is 12.6. The lowest BCUT2D eigenvalue weighted by atomic mass is 10.1. The van der Waals surface area contributed by atoms with E-state index in [1.54, 1.807) is 18.5 Å². The van der Waals surface area contributed by atoms with Crippen molar-refractivity contribution in [2.24, 2.45) is 0 Å². The average Bonchev–Trinajstić information content (AvgIpc) is 2.50. The van der Waals surface area contributed by atoms with Crippen molar-refractivity contribution in [3.8, 4) is 17.0 Å². The van der Waals surface area contributed by atoms with E-state index in [0.29, 0.717) is 23.6 Å². The van der Waals surface area contributed by atoms with Gasteiger partial charge in [0.2, 0.25) is 0 Å². The number of rotatable bonds is 7. The van der Waals surface area contributed by atoms with E-state index in [1.165, 1.54) is 6.07 Å². The molecule has 0 unspecified atom stereocenters. The molecule has 4 heteroatoms. The first-order valence-electron chi connectivity index (χ1n) is 7.48. The number of hydrogen-bond acceptors (Lipinski definition) is 3. The molecule has 0 saturated carbocycles. The Morgan fingerprint density at radius 1 is 1.10 bits per heavy atom. The van der Waals surface area contributed by atoms with Crippen molar-refractivity contribution >= 4 is 0 Å². The first-order chi connectivity index (χ1) is 10.2. The van der Waals surface area contributed by atoms with Crippen molar-refractivity contribution in [1.29, 1.82) is 0 Å². The molecule has 112 valence electrons. The fraction of sp³-hybridized carbons (Fsp3) is 0.412. The van der Waals surface area contributed by atoms with Crippen LogP contribution in [0.4, 0.5) is 4.39 Å². The topological polar surface area (TPSA) is 35.0 Å². The lowest BCUT2D eigenvalue weighted by molar-refractivity contribution is 0.294. The Morgan fingerprint density at radius 2 is 1.95 bits per heavy atom. The molecule has 0 saturated heterocycles. The predicted octanol–water partition coefficient (Wildman–Crippen LogP) is 4.41. The van der Waals surface area contributed by atoms with Gasteiger partial charge in [-0.3, -0.25) is 9.97 Å². The maximum absolute atomic E-state index is 14.0. The van der Waals surface area contributed by atoms with Gasteiger partial charge >= 0.3 is 0 Å². The molecule has 0 aliphatic rings. The molecule has 0 amide bonds. The molecule has 2 aromatic rings. The van der Waals surface area contributed by atoms with Crippen LogP contribution >= 0.6 is 0 Å². The lowest BCUT2D eigenvalue weighted by Gasteiger charge is -2.08. The largest absolute Gasteiger partial charge is 0.491 e. The van der Waals surface area contributed by atoms with Crippen LogP contribution in [0.3, 0.4) is 0 Å². The van der Waals surface area contributed by atoms with Gasteiger partial charge in [0.15, 0.2) is 11.6 Å². The number of nitrogens with zero attached hydrogens (tertiary/aromatic N) is 2. The Labute approximate surface area is 125 Å². The van der Waals surface area contributed by atoms with Crippen LogP contribution in [0, 0.1) is 5.82 Å². The van der Waals surface area contributed by atoms with Crippen LogP contribution in [0.1, 0.15) is 38.8 Å². The summed E-state index contributed by atoms with van der Waals surface area (Å²) in [5.41, 5.74) is 2.35. The molecule has 0 fully saturated rings. The molecule has 0 aliphatic heterocycles. The summed E-state index contributed by atoms with van der Waals surface area (Å²) in [4.78, 5) is 8.69. The van der Waals surface area contributed by atoms with E-state index < -0.39 is 0 Å². The Hall–Kier alpha value is -1.97.